The molecule has 0 aliphatic carbocycles. The number of rotatable bonds is 7. The Kier molecular flexibility index (Phi) is 6.41. The van der Waals surface area contributed by atoms with Crippen LogP contribution in [-0.4, -0.2) is 73.8 Å². The zero-order valence-corrected chi connectivity index (χ0v) is 13.1. The highest BCUT2D eigenvalue weighted by atomic mass is 32.2. The van der Waals surface area contributed by atoms with Crippen molar-refractivity contribution in [3.05, 3.63) is 0 Å². The maximum Gasteiger partial charge on any atom is 0.323 e. The fourth-order valence-electron chi connectivity index (χ4n) is 2.09. The summed E-state index contributed by atoms with van der Waals surface area (Å²) in [4.78, 5) is 23.9. The van der Waals surface area contributed by atoms with Gasteiger partial charge in [0.25, 0.3) is 0 Å². The Morgan fingerprint density at radius 1 is 1.43 bits per heavy atom. The van der Waals surface area contributed by atoms with E-state index in [1.807, 2.05) is 13.8 Å². The van der Waals surface area contributed by atoms with Gasteiger partial charge in [0.05, 0.1) is 24.2 Å². The van der Waals surface area contributed by atoms with Crippen molar-refractivity contribution in [3.8, 4) is 0 Å². The highest BCUT2D eigenvalue weighted by molar-refractivity contribution is 7.91. The highest BCUT2D eigenvalue weighted by Crippen LogP contribution is 2.17. The van der Waals surface area contributed by atoms with Gasteiger partial charge in [-0.2, -0.15) is 0 Å². The number of ether oxygens (including phenoxy) is 1. The number of hydrogen-bond acceptors (Lipinski definition) is 5. The second-order valence-corrected chi connectivity index (χ2v) is 7.46. The summed E-state index contributed by atoms with van der Waals surface area (Å²) in [5, 5.41) is 11.4. The summed E-state index contributed by atoms with van der Waals surface area (Å²) < 4.78 is 28.2. The summed E-state index contributed by atoms with van der Waals surface area (Å²) in [6.45, 7) is 3.76. The van der Waals surface area contributed by atoms with Crippen molar-refractivity contribution in [2.75, 3.05) is 31.2 Å². The maximum atomic E-state index is 12.0. The Hall–Kier alpha value is -1.35. The topological polar surface area (TPSA) is 113 Å². The zero-order valence-electron chi connectivity index (χ0n) is 12.2. The number of carboxylic acids is 1. The quantitative estimate of drug-likeness (QED) is 0.622. The molecule has 2 N–H and O–H groups in total. The minimum absolute atomic E-state index is 0.0163. The van der Waals surface area contributed by atoms with E-state index in [1.165, 1.54) is 0 Å². The van der Waals surface area contributed by atoms with Gasteiger partial charge in [0.15, 0.2) is 9.84 Å². The lowest BCUT2D eigenvalue weighted by molar-refractivity contribution is -0.138. The zero-order chi connectivity index (χ0) is 16.0. The molecule has 0 aromatic rings. The number of sulfone groups is 1. The first-order chi connectivity index (χ1) is 9.71. The van der Waals surface area contributed by atoms with Crippen LogP contribution in [0.2, 0.25) is 0 Å². The van der Waals surface area contributed by atoms with E-state index in [1.54, 1.807) is 0 Å². The van der Waals surface area contributed by atoms with E-state index in [4.69, 9.17) is 9.84 Å². The Morgan fingerprint density at radius 3 is 2.57 bits per heavy atom. The Morgan fingerprint density at radius 2 is 2.10 bits per heavy atom. The van der Waals surface area contributed by atoms with Gasteiger partial charge >= 0.3 is 12.0 Å². The van der Waals surface area contributed by atoms with E-state index in [9.17, 15) is 18.0 Å². The molecule has 8 nitrogen and oxygen atoms in total. The summed E-state index contributed by atoms with van der Waals surface area (Å²) in [6.07, 6.45) is 0.308. The molecule has 0 aromatic heterocycles. The fraction of sp³-hybridized carbons (Fsp3) is 0.833. The van der Waals surface area contributed by atoms with Crippen LogP contribution >= 0.6 is 0 Å². The lowest BCUT2D eigenvalue weighted by Crippen LogP contribution is -2.49. The molecule has 0 radical (unpaired) electrons. The first-order valence-electron chi connectivity index (χ1n) is 6.79. The summed E-state index contributed by atoms with van der Waals surface area (Å²) in [6, 6.07) is -1.16. The van der Waals surface area contributed by atoms with Crippen molar-refractivity contribution >= 4 is 21.8 Å². The third-order valence-corrected chi connectivity index (χ3v) is 4.80. The Bertz CT molecular complexity index is 476. The molecule has 1 saturated heterocycles. The third-order valence-electron chi connectivity index (χ3n) is 3.05. The largest absolute Gasteiger partial charge is 0.480 e. The van der Waals surface area contributed by atoms with Crippen molar-refractivity contribution in [3.63, 3.8) is 0 Å². The van der Waals surface area contributed by atoms with Crippen LogP contribution in [0.5, 0.6) is 0 Å². The molecular weight excluding hydrogens is 300 g/mol. The lowest BCUT2D eigenvalue weighted by atomic mass is 10.2. The van der Waals surface area contributed by atoms with Crippen LogP contribution in [0.25, 0.3) is 0 Å². The molecule has 21 heavy (non-hydrogen) atoms. The van der Waals surface area contributed by atoms with Gasteiger partial charge in [0, 0.05) is 12.6 Å². The smallest absolute Gasteiger partial charge is 0.323 e. The van der Waals surface area contributed by atoms with Crippen molar-refractivity contribution in [2.24, 2.45) is 0 Å². The van der Waals surface area contributed by atoms with Gasteiger partial charge in [-0.05, 0) is 20.3 Å². The van der Waals surface area contributed by atoms with E-state index in [-0.39, 0.29) is 30.6 Å². The second-order valence-electron chi connectivity index (χ2n) is 5.23. The van der Waals surface area contributed by atoms with Crippen LogP contribution in [-0.2, 0) is 19.4 Å². The molecule has 1 atom stereocenters. The number of hydrogen-bond donors (Lipinski definition) is 2. The molecule has 9 heteroatoms. The fourth-order valence-corrected chi connectivity index (χ4v) is 3.82. The van der Waals surface area contributed by atoms with Gasteiger partial charge in [-0.15, -0.1) is 0 Å². The number of aliphatic carboxylic acids is 1. The van der Waals surface area contributed by atoms with Gasteiger partial charge in [-0.1, -0.05) is 0 Å². The van der Waals surface area contributed by atoms with Crippen molar-refractivity contribution < 1.29 is 27.9 Å². The van der Waals surface area contributed by atoms with E-state index in [2.05, 4.69) is 5.32 Å². The molecule has 1 rings (SSSR count). The minimum Gasteiger partial charge on any atom is -0.480 e. The SMILES string of the molecule is CC(C)OCCNC(=O)N(CC(=O)O)C1CCS(=O)(=O)C1. The average molecular weight is 322 g/mol. The summed E-state index contributed by atoms with van der Waals surface area (Å²) >= 11 is 0. The molecule has 1 unspecified atom stereocenters. The standard InChI is InChI=1S/C12H22N2O6S/c1-9(2)20-5-4-13-12(17)14(7-11(15)16)10-3-6-21(18,19)8-10/h9-10H,3-8H2,1-2H3,(H,13,17)(H,15,16). The molecule has 122 valence electrons. The normalized spacial score (nSPS) is 20.4. The predicted molar refractivity (Wildman–Crippen MR) is 75.9 cm³/mol. The van der Waals surface area contributed by atoms with Crippen molar-refractivity contribution in [2.45, 2.75) is 32.4 Å². The monoisotopic (exact) mass is 322 g/mol. The van der Waals surface area contributed by atoms with E-state index in [0.717, 1.165) is 4.90 Å². The Balaban J connectivity index is 2.56. The van der Waals surface area contributed by atoms with E-state index >= 15 is 0 Å². The number of nitrogens with zero attached hydrogens (tertiary/aromatic N) is 1. The molecule has 1 heterocycles. The van der Waals surface area contributed by atoms with Gasteiger partial charge in [-0.25, -0.2) is 13.2 Å². The maximum absolute atomic E-state index is 12.0. The molecule has 2 amide bonds. The third kappa shape index (κ3) is 6.30. The van der Waals surface area contributed by atoms with E-state index < -0.39 is 34.4 Å². The van der Waals surface area contributed by atoms with Crippen LogP contribution in [0, 0.1) is 0 Å². The van der Waals surface area contributed by atoms with Crippen LogP contribution in [0.1, 0.15) is 20.3 Å². The number of carboxylic acid groups (broad SMARTS) is 1. The van der Waals surface area contributed by atoms with Gasteiger partial charge in [0.1, 0.15) is 6.54 Å². The molecular formula is C12H22N2O6S. The van der Waals surface area contributed by atoms with Gasteiger partial charge in [0.2, 0.25) is 0 Å². The van der Waals surface area contributed by atoms with Gasteiger partial charge in [-0.3, -0.25) is 4.79 Å². The minimum atomic E-state index is -3.19. The lowest BCUT2D eigenvalue weighted by Gasteiger charge is -2.26. The summed E-state index contributed by atoms with van der Waals surface area (Å²) in [5.74, 6) is -1.37. The molecule has 1 fully saturated rings. The molecule has 0 saturated carbocycles. The molecule has 0 bridgehead atoms. The number of amides is 2. The average Bonchev–Trinajstić information content (AvgIpc) is 2.71. The number of carbonyl (C=O) groups excluding carboxylic acids is 1. The number of nitrogens with one attached hydrogen (secondary N) is 1. The first-order valence-corrected chi connectivity index (χ1v) is 8.61. The number of urea groups is 1. The van der Waals surface area contributed by atoms with Crippen LogP contribution in [0.3, 0.4) is 0 Å². The molecule has 1 aliphatic heterocycles. The molecule has 0 aromatic carbocycles. The molecule has 1 aliphatic rings. The van der Waals surface area contributed by atoms with Crippen LogP contribution < -0.4 is 5.32 Å². The van der Waals surface area contributed by atoms with Crippen LogP contribution in [0.4, 0.5) is 4.79 Å². The van der Waals surface area contributed by atoms with E-state index in [0.29, 0.717) is 6.61 Å². The van der Waals surface area contributed by atoms with Crippen LogP contribution in [0.15, 0.2) is 0 Å². The summed E-state index contributed by atoms with van der Waals surface area (Å²) in [7, 11) is -3.19. The molecule has 0 spiro atoms. The van der Waals surface area contributed by atoms with Crippen molar-refractivity contribution in [1.82, 2.24) is 10.2 Å². The second kappa shape index (κ2) is 7.60. The first kappa shape index (κ1) is 17.7. The highest BCUT2D eigenvalue weighted by Gasteiger charge is 2.35. The summed E-state index contributed by atoms with van der Waals surface area (Å²) in [5.41, 5.74) is 0. The number of carbonyl (C=O) groups is 2. The Labute approximate surface area is 124 Å². The van der Waals surface area contributed by atoms with Crippen molar-refractivity contribution in [1.29, 1.82) is 0 Å². The van der Waals surface area contributed by atoms with Gasteiger partial charge < -0.3 is 20.1 Å². The predicted octanol–water partition coefficient (Wildman–Crippen LogP) is -0.305.